The molecule has 5 rings (SSSR count). The zero-order chi connectivity index (χ0) is 19.3. The minimum atomic E-state index is -1.00. The first-order valence-electron chi connectivity index (χ1n) is 9.77. The topological polar surface area (TPSA) is 106 Å². The first-order chi connectivity index (χ1) is 13.6. The minimum absolute atomic E-state index is 0.329. The van der Waals surface area contributed by atoms with Gasteiger partial charge < -0.3 is 19.5 Å². The Hall–Kier alpha value is -2.58. The molecule has 2 aliphatic carbocycles. The Bertz CT molecular complexity index is 1020. The average Bonchev–Trinajstić information content (AvgIpc) is 3.26. The Labute approximate surface area is 162 Å². The van der Waals surface area contributed by atoms with Gasteiger partial charge in [0, 0.05) is 23.6 Å². The van der Waals surface area contributed by atoms with Crippen LogP contribution in [0.15, 0.2) is 24.9 Å². The molecule has 4 atom stereocenters. The van der Waals surface area contributed by atoms with Crippen LogP contribution in [0.2, 0.25) is 0 Å². The summed E-state index contributed by atoms with van der Waals surface area (Å²) in [5.41, 5.74) is 3.71. The Morgan fingerprint density at radius 3 is 2.75 bits per heavy atom. The van der Waals surface area contributed by atoms with Crippen molar-refractivity contribution in [2.45, 2.75) is 63.4 Å². The molecule has 3 heterocycles. The first-order valence-corrected chi connectivity index (χ1v) is 9.77. The van der Waals surface area contributed by atoms with Crippen LogP contribution in [0.5, 0.6) is 5.88 Å². The highest BCUT2D eigenvalue weighted by Gasteiger charge is 2.45. The van der Waals surface area contributed by atoms with E-state index in [1.165, 1.54) is 12.7 Å². The number of rotatable bonds is 3. The van der Waals surface area contributed by atoms with E-state index in [-0.39, 0.29) is 6.04 Å². The maximum atomic E-state index is 10.7. The molecule has 0 saturated heterocycles. The quantitative estimate of drug-likeness (QED) is 0.708. The number of fused-ring (bicyclic) bond motifs is 2. The van der Waals surface area contributed by atoms with E-state index in [2.05, 4.69) is 19.9 Å². The zero-order valence-corrected chi connectivity index (χ0v) is 15.7. The van der Waals surface area contributed by atoms with Gasteiger partial charge in [0.25, 0.3) is 0 Å². The summed E-state index contributed by atoms with van der Waals surface area (Å²) in [6, 6.07) is 1.61. The fourth-order valence-corrected chi connectivity index (χ4v) is 4.46. The van der Waals surface area contributed by atoms with Crippen molar-refractivity contribution < 1.29 is 14.9 Å². The van der Waals surface area contributed by atoms with Gasteiger partial charge in [0.15, 0.2) is 0 Å². The molecule has 1 fully saturated rings. The number of aromatic nitrogens is 5. The maximum absolute atomic E-state index is 10.7. The van der Waals surface area contributed by atoms with Crippen molar-refractivity contribution in [3.63, 3.8) is 0 Å². The van der Waals surface area contributed by atoms with Crippen molar-refractivity contribution >= 4 is 11.0 Å². The Balaban J connectivity index is 1.43. The van der Waals surface area contributed by atoms with E-state index < -0.39 is 18.3 Å². The van der Waals surface area contributed by atoms with Crippen LogP contribution in [-0.2, 0) is 12.8 Å². The van der Waals surface area contributed by atoms with E-state index in [1.807, 2.05) is 23.8 Å². The Kier molecular flexibility index (Phi) is 4.25. The fraction of sp³-hybridized carbons (Fsp3) is 0.500. The molecule has 8 heteroatoms. The van der Waals surface area contributed by atoms with Crippen molar-refractivity contribution in [2.75, 3.05) is 0 Å². The molecule has 3 aromatic heterocycles. The molecule has 0 radical (unpaired) electrons. The molecule has 0 spiro atoms. The largest absolute Gasteiger partial charge is 0.471 e. The molecule has 0 aliphatic heterocycles. The van der Waals surface area contributed by atoms with Gasteiger partial charge in [-0.1, -0.05) is 0 Å². The third-order valence-corrected chi connectivity index (χ3v) is 6.01. The molecule has 0 amide bonds. The lowest BCUT2D eigenvalue weighted by molar-refractivity contribution is -0.0178. The molecule has 2 N–H and O–H groups in total. The molecule has 28 heavy (non-hydrogen) atoms. The van der Waals surface area contributed by atoms with E-state index in [1.54, 1.807) is 0 Å². The highest BCUT2D eigenvalue weighted by molar-refractivity contribution is 5.78. The van der Waals surface area contributed by atoms with Gasteiger partial charge in [0.05, 0.1) is 17.4 Å². The summed E-state index contributed by atoms with van der Waals surface area (Å²) in [4.78, 5) is 17.3. The zero-order valence-electron chi connectivity index (χ0n) is 15.7. The van der Waals surface area contributed by atoms with Crippen LogP contribution in [0, 0.1) is 6.92 Å². The first kappa shape index (κ1) is 17.5. The number of aryl methyl sites for hydroxylation is 2. The molecule has 1 saturated carbocycles. The number of aliphatic hydroxyl groups is 2. The molecule has 0 bridgehead atoms. The maximum Gasteiger partial charge on any atom is 0.220 e. The van der Waals surface area contributed by atoms with Crippen molar-refractivity contribution in [2.24, 2.45) is 0 Å². The van der Waals surface area contributed by atoms with Gasteiger partial charge in [-0.2, -0.15) is 0 Å². The second-order valence-corrected chi connectivity index (χ2v) is 7.67. The molecular formula is C20H23N5O3. The van der Waals surface area contributed by atoms with E-state index in [9.17, 15) is 10.2 Å². The number of ether oxygens (including phenoxy) is 1. The van der Waals surface area contributed by atoms with E-state index >= 15 is 0 Å². The normalized spacial score (nSPS) is 27.1. The molecule has 8 nitrogen and oxygen atoms in total. The standard InChI is InChI=1S/C20H23N5O3/c1-11-12-6-7-25(19(12)23-9-21-11)15-8-16(18(27)17(15)26)28-20-13-4-2-3-5-14(13)22-10-24-20/h6-7,9-10,15-18,26-27H,2-5,8H2,1H3/t15-,16+,17+,18-/m1/s1. The molecule has 3 aromatic rings. The van der Waals surface area contributed by atoms with Crippen molar-refractivity contribution in [3.05, 3.63) is 41.9 Å². The summed E-state index contributed by atoms with van der Waals surface area (Å²) in [5.74, 6) is 0.539. The van der Waals surface area contributed by atoms with Crippen LogP contribution in [0.3, 0.4) is 0 Å². The highest BCUT2D eigenvalue weighted by Crippen LogP contribution is 2.37. The van der Waals surface area contributed by atoms with E-state index in [0.717, 1.165) is 53.7 Å². The van der Waals surface area contributed by atoms with Crippen LogP contribution < -0.4 is 4.74 Å². The van der Waals surface area contributed by atoms with Gasteiger partial charge in [0.1, 0.15) is 36.6 Å². The minimum Gasteiger partial charge on any atom is -0.471 e. The van der Waals surface area contributed by atoms with Crippen LogP contribution in [0.25, 0.3) is 11.0 Å². The summed E-state index contributed by atoms with van der Waals surface area (Å²) in [6.45, 7) is 1.93. The molecule has 0 aromatic carbocycles. The van der Waals surface area contributed by atoms with Crippen LogP contribution >= 0.6 is 0 Å². The summed E-state index contributed by atoms with van der Waals surface area (Å²) in [5, 5.41) is 22.3. The van der Waals surface area contributed by atoms with Crippen LogP contribution in [0.4, 0.5) is 0 Å². The second kappa shape index (κ2) is 6.79. The number of aliphatic hydroxyl groups excluding tert-OH is 2. The number of hydrogen-bond acceptors (Lipinski definition) is 7. The van der Waals surface area contributed by atoms with Crippen LogP contribution in [0.1, 0.15) is 42.3 Å². The third kappa shape index (κ3) is 2.75. The smallest absolute Gasteiger partial charge is 0.220 e. The predicted molar refractivity (Wildman–Crippen MR) is 101 cm³/mol. The SMILES string of the molecule is Cc1ncnc2c1ccn2[C@@H]1C[C@H](Oc2ncnc3c2CCCC3)[C@@H](O)[C@H]1O. The summed E-state index contributed by atoms with van der Waals surface area (Å²) >= 11 is 0. The lowest BCUT2D eigenvalue weighted by atomic mass is 9.97. The summed E-state index contributed by atoms with van der Waals surface area (Å²) in [6.07, 6.45) is 6.94. The second-order valence-electron chi connectivity index (χ2n) is 7.67. The predicted octanol–water partition coefficient (Wildman–Crippen LogP) is 1.52. The van der Waals surface area contributed by atoms with Gasteiger partial charge >= 0.3 is 0 Å². The van der Waals surface area contributed by atoms with Crippen molar-refractivity contribution in [3.8, 4) is 5.88 Å². The van der Waals surface area contributed by atoms with Gasteiger partial charge in [-0.15, -0.1) is 0 Å². The van der Waals surface area contributed by atoms with E-state index in [4.69, 9.17) is 4.74 Å². The van der Waals surface area contributed by atoms with Gasteiger partial charge in [-0.3, -0.25) is 0 Å². The Morgan fingerprint density at radius 2 is 1.86 bits per heavy atom. The summed E-state index contributed by atoms with van der Waals surface area (Å²) in [7, 11) is 0. The number of nitrogens with zero attached hydrogens (tertiary/aromatic N) is 5. The summed E-state index contributed by atoms with van der Waals surface area (Å²) < 4.78 is 8.03. The number of hydrogen-bond donors (Lipinski definition) is 2. The van der Waals surface area contributed by atoms with Crippen molar-refractivity contribution in [1.29, 1.82) is 0 Å². The lowest BCUT2D eigenvalue weighted by Crippen LogP contribution is -2.34. The lowest BCUT2D eigenvalue weighted by Gasteiger charge is -2.22. The van der Waals surface area contributed by atoms with E-state index in [0.29, 0.717) is 12.3 Å². The van der Waals surface area contributed by atoms with Crippen molar-refractivity contribution in [1.82, 2.24) is 24.5 Å². The molecule has 0 unspecified atom stereocenters. The fourth-order valence-electron chi connectivity index (χ4n) is 4.46. The van der Waals surface area contributed by atoms with Gasteiger partial charge in [-0.05, 0) is 38.7 Å². The highest BCUT2D eigenvalue weighted by atomic mass is 16.5. The molecule has 146 valence electrons. The van der Waals surface area contributed by atoms with Gasteiger partial charge in [0.2, 0.25) is 5.88 Å². The molecular weight excluding hydrogens is 358 g/mol. The average molecular weight is 381 g/mol. The monoisotopic (exact) mass is 381 g/mol. The third-order valence-electron chi connectivity index (χ3n) is 6.01. The van der Waals surface area contributed by atoms with Crippen LogP contribution in [-0.4, -0.2) is 53.0 Å². The Morgan fingerprint density at radius 1 is 1.04 bits per heavy atom. The molecule has 2 aliphatic rings. The van der Waals surface area contributed by atoms with Gasteiger partial charge in [-0.25, -0.2) is 19.9 Å².